The van der Waals surface area contributed by atoms with Crippen molar-refractivity contribution in [1.29, 1.82) is 0 Å². The number of hydrogen-bond acceptors (Lipinski definition) is 4. The number of carbonyl (C=O) groups excluding carboxylic acids is 1. The molecule has 1 unspecified atom stereocenters. The van der Waals surface area contributed by atoms with Gasteiger partial charge in [0, 0.05) is 25.3 Å². The summed E-state index contributed by atoms with van der Waals surface area (Å²) in [7, 11) is 1.63. The fraction of sp³-hybridized carbons (Fsp3) is 0.200. The smallest absolute Gasteiger partial charge is 0.273 e. The Morgan fingerprint density at radius 2 is 1.88 bits per heavy atom. The third kappa shape index (κ3) is 3.95. The summed E-state index contributed by atoms with van der Waals surface area (Å²) in [6, 6.07) is 19.1. The highest BCUT2D eigenvalue weighted by Gasteiger charge is 2.17. The Morgan fingerprint density at radius 1 is 1.16 bits per heavy atom. The number of methoxy groups -OCH3 is 1. The highest BCUT2D eigenvalue weighted by atomic mass is 16.5. The van der Waals surface area contributed by atoms with Crippen LogP contribution >= 0.6 is 0 Å². The number of rotatable bonds is 6. The topological polar surface area (TPSA) is 64.4 Å². The van der Waals surface area contributed by atoms with Gasteiger partial charge in [-0.2, -0.15) is 0 Å². The lowest BCUT2D eigenvalue weighted by Crippen LogP contribution is -2.29. The molecule has 0 aliphatic carbocycles. The van der Waals surface area contributed by atoms with Gasteiger partial charge in [0.1, 0.15) is 0 Å². The van der Waals surface area contributed by atoms with Gasteiger partial charge < -0.3 is 14.6 Å². The highest BCUT2D eigenvalue weighted by Crippen LogP contribution is 2.21. The van der Waals surface area contributed by atoms with Crippen LogP contribution in [0.1, 0.15) is 27.7 Å². The molecule has 3 aromatic rings. The predicted octanol–water partition coefficient (Wildman–Crippen LogP) is 3.77. The summed E-state index contributed by atoms with van der Waals surface area (Å²) in [6.45, 7) is 2.38. The van der Waals surface area contributed by atoms with Gasteiger partial charge in [-0.05, 0) is 18.1 Å². The molecule has 1 N–H and O–H groups in total. The summed E-state index contributed by atoms with van der Waals surface area (Å²) in [4.78, 5) is 12.3. The normalized spacial score (nSPS) is 11.9. The van der Waals surface area contributed by atoms with Crippen LogP contribution in [0.5, 0.6) is 0 Å². The van der Waals surface area contributed by atoms with E-state index in [2.05, 4.69) is 10.5 Å². The van der Waals surface area contributed by atoms with E-state index in [0.29, 0.717) is 12.3 Å². The van der Waals surface area contributed by atoms with Crippen molar-refractivity contribution < 1.29 is 14.1 Å². The molecule has 1 atom stereocenters. The first-order valence-corrected chi connectivity index (χ1v) is 8.07. The first kappa shape index (κ1) is 16.9. The number of amides is 1. The van der Waals surface area contributed by atoms with Gasteiger partial charge in [-0.25, -0.2) is 0 Å². The molecule has 0 aliphatic heterocycles. The molecule has 1 heterocycles. The summed E-state index contributed by atoms with van der Waals surface area (Å²) < 4.78 is 10.8. The Labute approximate surface area is 146 Å². The SMILES string of the molecule is COC(CNC(=O)c1cc(-c2ccccc2)on1)c1ccccc1C. The number of nitrogens with one attached hydrogen (secondary N) is 1. The lowest BCUT2D eigenvalue weighted by atomic mass is 10.0. The van der Waals surface area contributed by atoms with Gasteiger partial charge in [-0.15, -0.1) is 0 Å². The maximum absolute atomic E-state index is 12.3. The first-order valence-electron chi connectivity index (χ1n) is 8.07. The van der Waals surface area contributed by atoms with Crippen LogP contribution in [0.2, 0.25) is 0 Å². The summed E-state index contributed by atoms with van der Waals surface area (Å²) >= 11 is 0. The molecular weight excluding hydrogens is 316 g/mol. The zero-order chi connectivity index (χ0) is 17.6. The standard InChI is InChI=1S/C20H20N2O3/c1-14-8-6-7-11-16(14)19(24-2)13-21-20(23)17-12-18(25-22-17)15-9-4-3-5-10-15/h3-12,19H,13H2,1-2H3,(H,21,23). The highest BCUT2D eigenvalue weighted by molar-refractivity contribution is 5.93. The van der Waals surface area contributed by atoms with E-state index in [1.54, 1.807) is 13.2 Å². The fourth-order valence-electron chi connectivity index (χ4n) is 2.66. The lowest BCUT2D eigenvalue weighted by Gasteiger charge is -2.18. The number of ether oxygens (including phenoxy) is 1. The zero-order valence-electron chi connectivity index (χ0n) is 14.2. The van der Waals surface area contributed by atoms with Crippen molar-refractivity contribution >= 4 is 5.91 Å². The second kappa shape index (κ2) is 7.77. The number of aromatic nitrogens is 1. The quantitative estimate of drug-likeness (QED) is 0.744. The van der Waals surface area contributed by atoms with E-state index in [-0.39, 0.29) is 17.7 Å². The Morgan fingerprint density at radius 3 is 2.60 bits per heavy atom. The molecule has 5 nitrogen and oxygen atoms in total. The molecule has 3 rings (SSSR count). The molecule has 0 spiro atoms. The number of hydrogen-bond donors (Lipinski definition) is 1. The van der Waals surface area contributed by atoms with Gasteiger partial charge in [-0.1, -0.05) is 59.8 Å². The Kier molecular flexibility index (Phi) is 5.26. The number of carbonyl (C=O) groups is 1. The van der Waals surface area contributed by atoms with Crippen molar-refractivity contribution in [2.24, 2.45) is 0 Å². The minimum atomic E-state index is -0.290. The molecule has 5 heteroatoms. The molecule has 0 saturated heterocycles. The molecule has 0 radical (unpaired) electrons. The van der Waals surface area contributed by atoms with E-state index in [4.69, 9.17) is 9.26 Å². The maximum Gasteiger partial charge on any atom is 0.273 e. The van der Waals surface area contributed by atoms with Crippen molar-refractivity contribution in [2.75, 3.05) is 13.7 Å². The molecule has 0 fully saturated rings. The summed E-state index contributed by atoms with van der Waals surface area (Å²) in [5.74, 6) is 0.273. The summed E-state index contributed by atoms with van der Waals surface area (Å²) in [6.07, 6.45) is -0.217. The van der Waals surface area contributed by atoms with Gasteiger partial charge in [0.2, 0.25) is 0 Å². The minimum Gasteiger partial charge on any atom is -0.375 e. The van der Waals surface area contributed by atoms with E-state index in [9.17, 15) is 4.79 Å². The van der Waals surface area contributed by atoms with Crippen molar-refractivity contribution in [3.63, 3.8) is 0 Å². The Hall–Kier alpha value is -2.92. The Bertz CT molecular complexity index is 843. The summed E-state index contributed by atoms with van der Waals surface area (Å²) in [5, 5.41) is 6.71. The average Bonchev–Trinajstić information content (AvgIpc) is 3.14. The van der Waals surface area contributed by atoms with Crippen LogP contribution in [0.4, 0.5) is 0 Å². The minimum absolute atomic E-state index is 0.217. The van der Waals surface area contributed by atoms with E-state index in [1.165, 1.54) is 0 Å². The molecule has 2 aromatic carbocycles. The molecule has 1 aromatic heterocycles. The molecular formula is C20H20N2O3. The van der Waals surface area contributed by atoms with Gasteiger partial charge in [0.25, 0.3) is 5.91 Å². The average molecular weight is 336 g/mol. The molecule has 0 bridgehead atoms. The fourth-order valence-corrected chi connectivity index (χ4v) is 2.66. The molecule has 0 aliphatic rings. The first-order chi connectivity index (χ1) is 12.2. The number of nitrogens with zero attached hydrogens (tertiary/aromatic N) is 1. The molecule has 0 saturated carbocycles. The second-order valence-electron chi connectivity index (χ2n) is 5.73. The second-order valence-corrected chi connectivity index (χ2v) is 5.73. The van der Waals surface area contributed by atoms with Crippen molar-refractivity contribution in [3.8, 4) is 11.3 Å². The molecule has 25 heavy (non-hydrogen) atoms. The van der Waals surface area contributed by atoms with Gasteiger partial charge >= 0.3 is 0 Å². The number of benzene rings is 2. The zero-order valence-corrected chi connectivity index (χ0v) is 14.2. The summed E-state index contributed by atoms with van der Waals surface area (Å²) in [5.41, 5.74) is 3.30. The van der Waals surface area contributed by atoms with Gasteiger partial charge in [0.05, 0.1) is 6.10 Å². The van der Waals surface area contributed by atoms with Crippen LogP contribution in [-0.2, 0) is 4.74 Å². The van der Waals surface area contributed by atoms with Crippen molar-refractivity contribution in [3.05, 3.63) is 77.5 Å². The third-order valence-electron chi connectivity index (χ3n) is 4.07. The largest absolute Gasteiger partial charge is 0.375 e. The molecule has 1 amide bonds. The van der Waals surface area contributed by atoms with Crippen LogP contribution in [-0.4, -0.2) is 24.7 Å². The third-order valence-corrected chi connectivity index (χ3v) is 4.07. The molecule has 128 valence electrons. The van der Waals surface area contributed by atoms with Crippen LogP contribution < -0.4 is 5.32 Å². The maximum atomic E-state index is 12.3. The van der Waals surface area contributed by atoms with Crippen LogP contribution in [0.3, 0.4) is 0 Å². The van der Waals surface area contributed by atoms with Crippen LogP contribution in [0, 0.1) is 6.92 Å². The van der Waals surface area contributed by atoms with Gasteiger partial charge in [-0.3, -0.25) is 4.79 Å². The van der Waals surface area contributed by atoms with E-state index in [0.717, 1.165) is 16.7 Å². The van der Waals surface area contributed by atoms with Crippen LogP contribution in [0.15, 0.2) is 65.2 Å². The predicted molar refractivity (Wildman–Crippen MR) is 95.2 cm³/mol. The van der Waals surface area contributed by atoms with Crippen molar-refractivity contribution in [1.82, 2.24) is 10.5 Å². The van der Waals surface area contributed by atoms with Crippen molar-refractivity contribution in [2.45, 2.75) is 13.0 Å². The Balaban J connectivity index is 1.66. The van der Waals surface area contributed by atoms with E-state index < -0.39 is 0 Å². The monoisotopic (exact) mass is 336 g/mol. The van der Waals surface area contributed by atoms with Gasteiger partial charge in [0.15, 0.2) is 11.5 Å². The van der Waals surface area contributed by atoms with Crippen LogP contribution in [0.25, 0.3) is 11.3 Å². The van der Waals surface area contributed by atoms with E-state index >= 15 is 0 Å². The van der Waals surface area contributed by atoms with E-state index in [1.807, 2.05) is 61.5 Å². The lowest BCUT2D eigenvalue weighted by molar-refractivity contribution is 0.0819. The number of aryl methyl sites for hydroxylation is 1.